The summed E-state index contributed by atoms with van der Waals surface area (Å²) in [6.07, 6.45) is 3.34. The lowest BCUT2D eigenvalue weighted by molar-refractivity contribution is 0.0666. The van der Waals surface area contributed by atoms with Crippen molar-refractivity contribution in [1.29, 1.82) is 0 Å². The SMILES string of the molecule is Cc1ccc(-c2nnc([C@H]3CCCN(C(=O)c4ccco4)C3)o2)cc1. The van der Waals surface area contributed by atoms with E-state index in [0.717, 1.165) is 24.9 Å². The van der Waals surface area contributed by atoms with E-state index in [0.29, 0.717) is 24.1 Å². The second kappa shape index (κ2) is 6.55. The predicted octanol–water partition coefficient (Wildman–Crippen LogP) is 3.66. The van der Waals surface area contributed by atoms with Gasteiger partial charge in [-0.05, 0) is 44.0 Å². The fraction of sp³-hybridized carbons (Fsp3) is 0.316. The summed E-state index contributed by atoms with van der Waals surface area (Å²) in [6, 6.07) is 11.4. The van der Waals surface area contributed by atoms with Gasteiger partial charge in [-0.25, -0.2) is 0 Å². The Hall–Kier alpha value is -2.89. The topological polar surface area (TPSA) is 72.4 Å². The second-order valence-corrected chi connectivity index (χ2v) is 6.38. The Labute approximate surface area is 145 Å². The normalized spacial score (nSPS) is 17.6. The Morgan fingerprint density at radius 1 is 1.20 bits per heavy atom. The van der Waals surface area contributed by atoms with E-state index in [1.165, 1.54) is 11.8 Å². The Bertz CT molecular complexity index is 852. The van der Waals surface area contributed by atoms with Gasteiger partial charge in [-0.3, -0.25) is 4.79 Å². The van der Waals surface area contributed by atoms with Gasteiger partial charge >= 0.3 is 0 Å². The van der Waals surface area contributed by atoms with E-state index in [1.54, 1.807) is 17.0 Å². The van der Waals surface area contributed by atoms with Crippen LogP contribution in [-0.4, -0.2) is 34.1 Å². The van der Waals surface area contributed by atoms with Gasteiger partial charge < -0.3 is 13.7 Å². The van der Waals surface area contributed by atoms with Gasteiger partial charge in [0.05, 0.1) is 12.2 Å². The number of aryl methyl sites for hydroxylation is 1. The molecule has 2 aromatic heterocycles. The van der Waals surface area contributed by atoms with Crippen molar-refractivity contribution in [2.75, 3.05) is 13.1 Å². The molecule has 0 N–H and O–H groups in total. The number of rotatable bonds is 3. The molecule has 1 atom stereocenters. The summed E-state index contributed by atoms with van der Waals surface area (Å²) in [7, 11) is 0. The zero-order valence-electron chi connectivity index (χ0n) is 14.0. The first-order chi connectivity index (χ1) is 12.2. The highest BCUT2D eigenvalue weighted by molar-refractivity contribution is 5.91. The Morgan fingerprint density at radius 2 is 2.04 bits per heavy atom. The number of benzene rings is 1. The van der Waals surface area contributed by atoms with Gasteiger partial charge in [0.2, 0.25) is 11.8 Å². The van der Waals surface area contributed by atoms with Crippen molar-refractivity contribution >= 4 is 5.91 Å². The minimum atomic E-state index is -0.0898. The monoisotopic (exact) mass is 337 g/mol. The molecule has 3 aromatic rings. The molecule has 1 aromatic carbocycles. The van der Waals surface area contributed by atoms with Crippen molar-refractivity contribution in [2.24, 2.45) is 0 Å². The highest BCUT2D eigenvalue weighted by atomic mass is 16.4. The zero-order chi connectivity index (χ0) is 17.2. The lowest BCUT2D eigenvalue weighted by Crippen LogP contribution is -2.39. The average molecular weight is 337 g/mol. The molecule has 3 heterocycles. The van der Waals surface area contributed by atoms with Crippen molar-refractivity contribution in [2.45, 2.75) is 25.7 Å². The smallest absolute Gasteiger partial charge is 0.289 e. The van der Waals surface area contributed by atoms with Crippen LogP contribution in [0.3, 0.4) is 0 Å². The van der Waals surface area contributed by atoms with Gasteiger partial charge in [0, 0.05) is 18.7 Å². The van der Waals surface area contributed by atoms with Crippen molar-refractivity contribution < 1.29 is 13.6 Å². The van der Waals surface area contributed by atoms with Gasteiger partial charge in [0.15, 0.2) is 5.76 Å². The molecule has 0 spiro atoms. The van der Waals surface area contributed by atoms with Crippen molar-refractivity contribution in [3.05, 3.63) is 59.9 Å². The van der Waals surface area contributed by atoms with Crippen LogP contribution in [0.2, 0.25) is 0 Å². The lowest BCUT2D eigenvalue weighted by Gasteiger charge is -2.30. The predicted molar refractivity (Wildman–Crippen MR) is 91.1 cm³/mol. The molecule has 0 saturated carbocycles. The Balaban J connectivity index is 1.50. The highest BCUT2D eigenvalue weighted by Crippen LogP contribution is 2.29. The highest BCUT2D eigenvalue weighted by Gasteiger charge is 2.29. The van der Waals surface area contributed by atoms with Gasteiger partial charge in [0.25, 0.3) is 5.91 Å². The third kappa shape index (κ3) is 3.20. The minimum absolute atomic E-state index is 0.0550. The van der Waals surface area contributed by atoms with E-state index < -0.39 is 0 Å². The van der Waals surface area contributed by atoms with Gasteiger partial charge in [-0.1, -0.05) is 17.7 Å². The first-order valence-electron chi connectivity index (χ1n) is 8.44. The molecule has 6 nitrogen and oxygen atoms in total. The van der Waals surface area contributed by atoms with E-state index in [2.05, 4.69) is 10.2 Å². The standard InChI is InChI=1S/C19H19N3O3/c1-13-6-8-14(9-7-13)17-20-21-18(25-17)15-4-2-10-22(12-15)19(23)16-5-3-11-24-16/h3,5-9,11,15H,2,4,10,12H2,1H3/t15-/m0/s1. The number of hydrogen-bond acceptors (Lipinski definition) is 5. The van der Waals surface area contributed by atoms with Crippen LogP contribution in [0, 0.1) is 6.92 Å². The third-order valence-electron chi connectivity index (χ3n) is 4.53. The third-order valence-corrected chi connectivity index (χ3v) is 4.53. The molecule has 0 bridgehead atoms. The van der Waals surface area contributed by atoms with Crippen LogP contribution < -0.4 is 0 Å². The van der Waals surface area contributed by atoms with E-state index in [4.69, 9.17) is 8.83 Å². The number of carbonyl (C=O) groups excluding carboxylic acids is 1. The Kier molecular flexibility index (Phi) is 4.09. The number of nitrogens with zero attached hydrogens (tertiary/aromatic N) is 3. The van der Waals surface area contributed by atoms with Crippen LogP contribution in [0.15, 0.2) is 51.5 Å². The lowest BCUT2D eigenvalue weighted by atomic mass is 9.98. The largest absolute Gasteiger partial charge is 0.459 e. The minimum Gasteiger partial charge on any atom is -0.459 e. The first kappa shape index (κ1) is 15.6. The Morgan fingerprint density at radius 3 is 2.80 bits per heavy atom. The number of hydrogen-bond donors (Lipinski definition) is 0. The summed E-state index contributed by atoms with van der Waals surface area (Å²) >= 11 is 0. The molecule has 1 aliphatic heterocycles. The van der Waals surface area contributed by atoms with Gasteiger partial charge in [0.1, 0.15) is 0 Å². The van der Waals surface area contributed by atoms with E-state index in [-0.39, 0.29) is 11.8 Å². The average Bonchev–Trinajstić information content (AvgIpc) is 3.34. The summed E-state index contributed by atoms with van der Waals surface area (Å²) in [5.74, 6) is 1.44. The molecule has 1 fully saturated rings. The van der Waals surface area contributed by atoms with Crippen molar-refractivity contribution in [3.63, 3.8) is 0 Å². The molecular formula is C19H19N3O3. The second-order valence-electron chi connectivity index (χ2n) is 6.38. The summed E-state index contributed by atoms with van der Waals surface area (Å²) in [6.45, 7) is 3.32. The number of aromatic nitrogens is 2. The molecule has 1 saturated heterocycles. The van der Waals surface area contributed by atoms with Crippen LogP contribution in [0.5, 0.6) is 0 Å². The molecular weight excluding hydrogens is 318 g/mol. The molecule has 4 rings (SSSR count). The number of amides is 1. The summed E-state index contributed by atoms with van der Waals surface area (Å²) < 4.78 is 11.1. The maximum absolute atomic E-state index is 12.5. The van der Waals surface area contributed by atoms with E-state index >= 15 is 0 Å². The number of piperidine rings is 1. The van der Waals surface area contributed by atoms with Crippen LogP contribution in [-0.2, 0) is 0 Å². The zero-order valence-corrected chi connectivity index (χ0v) is 14.0. The van der Waals surface area contributed by atoms with Crippen molar-refractivity contribution in [3.8, 4) is 11.5 Å². The molecule has 1 aliphatic rings. The maximum atomic E-state index is 12.5. The number of carbonyl (C=O) groups is 1. The molecule has 0 radical (unpaired) electrons. The number of likely N-dealkylation sites (tertiary alicyclic amines) is 1. The fourth-order valence-electron chi connectivity index (χ4n) is 3.13. The maximum Gasteiger partial charge on any atom is 0.289 e. The number of furan rings is 1. The molecule has 1 amide bonds. The van der Waals surface area contributed by atoms with E-state index in [9.17, 15) is 4.79 Å². The molecule has 128 valence electrons. The van der Waals surface area contributed by atoms with Crippen LogP contribution in [0.1, 0.15) is 40.8 Å². The van der Waals surface area contributed by atoms with Gasteiger partial charge in [-0.2, -0.15) is 0 Å². The van der Waals surface area contributed by atoms with E-state index in [1.807, 2.05) is 31.2 Å². The molecule has 6 heteroatoms. The summed E-state index contributed by atoms with van der Waals surface area (Å²) in [5.41, 5.74) is 2.09. The molecule has 0 unspecified atom stereocenters. The van der Waals surface area contributed by atoms with Crippen LogP contribution in [0.25, 0.3) is 11.5 Å². The quantitative estimate of drug-likeness (QED) is 0.729. The molecule has 0 aliphatic carbocycles. The van der Waals surface area contributed by atoms with Crippen LogP contribution >= 0.6 is 0 Å². The van der Waals surface area contributed by atoms with Crippen LogP contribution in [0.4, 0.5) is 0 Å². The molecule has 25 heavy (non-hydrogen) atoms. The summed E-state index contributed by atoms with van der Waals surface area (Å²) in [5, 5.41) is 8.39. The summed E-state index contributed by atoms with van der Waals surface area (Å²) in [4.78, 5) is 14.3. The fourth-order valence-corrected chi connectivity index (χ4v) is 3.13. The van der Waals surface area contributed by atoms with Gasteiger partial charge in [-0.15, -0.1) is 10.2 Å². The van der Waals surface area contributed by atoms with Crippen molar-refractivity contribution in [1.82, 2.24) is 15.1 Å². The first-order valence-corrected chi connectivity index (χ1v) is 8.44.